The molecule has 0 aliphatic heterocycles. The van der Waals surface area contributed by atoms with E-state index in [4.69, 9.17) is 4.74 Å². The van der Waals surface area contributed by atoms with Gasteiger partial charge in [0.05, 0.1) is 5.33 Å². The highest BCUT2D eigenvalue weighted by atomic mass is 79.9. The Balaban J connectivity index is 1.95. The van der Waals surface area contributed by atoms with Gasteiger partial charge in [-0.3, -0.25) is 0 Å². The molecule has 2 aromatic rings. The van der Waals surface area contributed by atoms with E-state index in [0.717, 1.165) is 28.7 Å². The zero-order chi connectivity index (χ0) is 14.6. The molecule has 0 bridgehead atoms. The second kappa shape index (κ2) is 6.88. The fourth-order valence-corrected chi connectivity index (χ4v) is 3.38. The second-order valence-electron chi connectivity index (χ2n) is 5.61. The van der Waals surface area contributed by atoms with Crippen molar-refractivity contribution in [1.29, 1.82) is 0 Å². The van der Waals surface area contributed by atoms with E-state index in [0.29, 0.717) is 12.6 Å². The van der Waals surface area contributed by atoms with E-state index in [9.17, 15) is 0 Å². The van der Waals surface area contributed by atoms with Gasteiger partial charge in [-0.05, 0) is 16.5 Å². The van der Waals surface area contributed by atoms with Crippen LogP contribution in [0.1, 0.15) is 5.01 Å². The quantitative estimate of drug-likeness (QED) is 0.422. The number of ether oxygens (including phenoxy) is 1. The summed E-state index contributed by atoms with van der Waals surface area (Å²) >= 11 is 4.98. The van der Waals surface area contributed by atoms with Gasteiger partial charge >= 0.3 is 0 Å². The zero-order valence-electron chi connectivity index (χ0n) is 11.8. The summed E-state index contributed by atoms with van der Waals surface area (Å²) in [5, 5.41) is 15.4. The largest absolute Gasteiger partial charge is 0.359 e. The summed E-state index contributed by atoms with van der Waals surface area (Å²) in [6.45, 7) is 8.11. The molecule has 0 atom stereocenters. The lowest BCUT2D eigenvalue weighted by Gasteiger charge is -2.15. The first kappa shape index (κ1) is 15.7. The second-order valence-corrected chi connectivity index (χ2v) is 12.7. The zero-order valence-corrected chi connectivity index (χ0v) is 15.2. The SMILES string of the molecule is C[Si](C)(C)CCOCn1nnnc1-c1csc(CBr)n1. The van der Waals surface area contributed by atoms with Crippen LogP contribution in [0.4, 0.5) is 0 Å². The molecule has 0 radical (unpaired) electrons. The average molecular weight is 376 g/mol. The van der Waals surface area contributed by atoms with Crippen molar-refractivity contribution in [2.45, 2.75) is 37.7 Å². The van der Waals surface area contributed by atoms with Gasteiger partial charge in [0.25, 0.3) is 0 Å². The van der Waals surface area contributed by atoms with E-state index in [1.54, 1.807) is 16.0 Å². The topological polar surface area (TPSA) is 65.7 Å². The average Bonchev–Trinajstić information content (AvgIpc) is 3.01. The smallest absolute Gasteiger partial charge is 0.203 e. The standard InChI is InChI=1S/C11H18BrN5OSSi/c1-20(2,3)5-4-18-8-17-11(14-15-16-17)9-7-19-10(6-12)13-9/h7H,4-6,8H2,1-3H3. The minimum absolute atomic E-state index is 0.369. The van der Waals surface area contributed by atoms with Crippen LogP contribution in [-0.2, 0) is 16.8 Å². The van der Waals surface area contributed by atoms with Gasteiger partial charge in [0.1, 0.15) is 17.4 Å². The first-order valence-corrected chi connectivity index (χ1v) is 12.0. The minimum atomic E-state index is -1.06. The van der Waals surface area contributed by atoms with Crippen LogP contribution in [-0.4, -0.2) is 39.9 Å². The summed E-state index contributed by atoms with van der Waals surface area (Å²) in [6.07, 6.45) is 0. The Kier molecular flexibility index (Phi) is 5.41. The van der Waals surface area contributed by atoms with Crippen molar-refractivity contribution in [1.82, 2.24) is 25.2 Å². The third-order valence-corrected chi connectivity index (χ3v) is 6.09. The summed E-state index contributed by atoms with van der Waals surface area (Å²) in [5.74, 6) is 0.654. The van der Waals surface area contributed by atoms with Crippen molar-refractivity contribution < 1.29 is 4.74 Å². The molecule has 0 saturated carbocycles. The van der Waals surface area contributed by atoms with Crippen LogP contribution in [0.15, 0.2) is 5.38 Å². The molecule has 0 aliphatic rings. The van der Waals surface area contributed by atoms with Gasteiger partial charge in [0.15, 0.2) is 0 Å². The van der Waals surface area contributed by atoms with Crippen LogP contribution in [0.3, 0.4) is 0 Å². The summed E-state index contributed by atoms with van der Waals surface area (Å²) < 4.78 is 7.32. The Hall–Kier alpha value is -0.643. The number of aromatic nitrogens is 5. The highest BCUT2D eigenvalue weighted by Gasteiger charge is 2.14. The van der Waals surface area contributed by atoms with Crippen LogP contribution in [0.2, 0.25) is 25.7 Å². The Bertz CT molecular complexity index is 553. The number of tetrazole rings is 1. The van der Waals surface area contributed by atoms with E-state index < -0.39 is 8.07 Å². The fraction of sp³-hybridized carbons (Fsp3) is 0.636. The molecule has 0 fully saturated rings. The predicted molar refractivity (Wildman–Crippen MR) is 85.7 cm³/mol. The summed E-state index contributed by atoms with van der Waals surface area (Å²) in [5.41, 5.74) is 0.795. The molecule has 2 heterocycles. The maximum absolute atomic E-state index is 5.67. The van der Waals surface area contributed by atoms with Crippen LogP contribution in [0, 0.1) is 0 Å². The molecule has 20 heavy (non-hydrogen) atoms. The molecule has 0 saturated heterocycles. The van der Waals surface area contributed by atoms with E-state index in [1.165, 1.54) is 0 Å². The van der Waals surface area contributed by atoms with E-state index >= 15 is 0 Å². The number of hydrogen-bond donors (Lipinski definition) is 0. The van der Waals surface area contributed by atoms with Crippen LogP contribution < -0.4 is 0 Å². The van der Waals surface area contributed by atoms with Gasteiger partial charge in [-0.15, -0.1) is 16.4 Å². The highest BCUT2D eigenvalue weighted by Crippen LogP contribution is 2.20. The van der Waals surface area contributed by atoms with Gasteiger partial charge in [0.2, 0.25) is 5.82 Å². The summed E-state index contributed by atoms with van der Waals surface area (Å²) in [7, 11) is -1.06. The lowest BCUT2D eigenvalue weighted by atomic mass is 10.5. The molecular weight excluding hydrogens is 358 g/mol. The summed E-state index contributed by atoms with van der Waals surface area (Å²) in [4.78, 5) is 4.46. The number of thiazole rings is 1. The monoisotopic (exact) mass is 375 g/mol. The first-order chi connectivity index (χ1) is 9.49. The molecular formula is C11H18BrN5OSSi. The Morgan fingerprint density at radius 1 is 1.40 bits per heavy atom. The van der Waals surface area contributed by atoms with E-state index in [-0.39, 0.29) is 0 Å². The minimum Gasteiger partial charge on any atom is -0.359 e. The number of nitrogens with zero attached hydrogens (tertiary/aromatic N) is 5. The van der Waals surface area contributed by atoms with E-state index in [1.807, 2.05) is 5.38 Å². The molecule has 9 heteroatoms. The first-order valence-electron chi connectivity index (χ1n) is 6.34. The molecule has 0 aromatic carbocycles. The van der Waals surface area contributed by atoms with Crippen molar-refractivity contribution in [2.24, 2.45) is 0 Å². The number of rotatable bonds is 7. The van der Waals surface area contributed by atoms with Crippen LogP contribution >= 0.6 is 27.3 Å². The molecule has 2 aromatic heterocycles. The van der Waals surface area contributed by atoms with Gasteiger partial charge in [0, 0.05) is 20.1 Å². The van der Waals surface area contributed by atoms with Crippen molar-refractivity contribution in [3.8, 4) is 11.5 Å². The van der Waals surface area contributed by atoms with Crippen molar-refractivity contribution in [2.75, 3.05) is 6.61 Å². The predicted octanol–water partition coefficient (Wildman–Crippen LogP) is 3.00. The lowest BCUT2D eigenvalue weighted by Crippen LogP contribution is -2.22. The highest BCUT2D eigenvalue weighted by molar-refractivity contribution is 9.08. The summed E-state index contributed by atoms with van der Waals surface area (Å²) in [6, 6.07) is 1.13. The van der Waals surface area contributed by atoms with E-state index in [2.05, 4.69) is 56.1 Å². The number of alkyl halides is 1. The lowest BCUT2D eigenvalue weighted by molar-refractivity contribution is 0.0783. The third-order valence-electron chi connectivity index (χ3n) is 2.64. The maximum Gasteiger partial charge on any atom is 0.203 e. The molecule has 0 aliphatic carbocycles. The van der Waals surface area contributed by atoms with Crippen LogP contribution in [0.5, 0.6) is 0 Å². The molecule has 0 spiro atoms. The Morgan fingerprint density at radius 2 is 2.20 bits per heavy atom. The Morgan fingerprint density at radius 3 is 2.85 bits per heavy atom. The van der Waals surface area contributed by atoms with Crippen LogP contribution in [0.25, 0.3) is 11.5 Å². The van der Waals surface area contributed by atoms with Gasteiger partial charge in [-0.2, -0.15) is 4.68 Å². The van der Waals surface area contributed by atoms with Crippen molar-refractivity contribution in [3.05, 3.63) is 10.4 Å². The Labute approximate surface area is 131 Å². The van der Waals surface area contributed by atoms with Gasteiger partial charge < -0.3 is 4.74 Å². The van der Waals surface area contributed by atoms with Crippen molar-refractivity contribution >= 4 is 35.3 Å². The molecule has 110 valence electrons. The van der Waals surface area contributed by atoms with Gasteiger partial charge in [-0.25, -0.2) is 4.98 Å². The van der Waals surface area contributed by atoms with Crippen molar-refractivity contribution in [3.63, 3.8) is 0 Å². The molecule has 2 rings (SSSR count). The third kappa shape index (κ3) is 4.44. The fourth-order valence-electron chi connectivity index (χ4n) is 1.48. The molecule has 0 unspecified atom stereocenters. The maximum atomic E-state index is 5.67. The molecule has 0 N–H and O–H groups in total. The van der Waals surface area contributed by atoms with Gasteiger partial charge in [-0.1, -0.05) is 35.6 Å². The molecule has 6 nitrogen and oxygen atoms in total. The number of hydrogen-bond acceptors (Lipinski definition) is 6. The molecule has 0 amide bonds. The normalized spacial score (nSPS) is 12.0. The number of halogens is 1.